The first kappa shape index (κ1) is 21.7. The highest BCUT2D eigenvalue weighted by atomic mass is 16.3. The molecule has 0 spiro atoms. The first-order valence-corrected chi connectivity index (χ1v) is 8.34. The average molecular weight is 287 g/mol. The molecule has 122 valence electrons. The van der Waals surface area contributed by atoms with Crippen molar-refractivity contribution in [1.82, 2.24) is 0 Å². The SMILES string of the molecule is CCCCCCCCCCCCC[N+](C)(C)C.O=C[O-]. The molecule has 3 nitrogen and oxygen atoms in total. The van der Waals surface area contributed by atoms with Crippen molar-refractivity contribution in [2.45, 2.75) is 77.6 Å². The van der Waals surface area contributed by atoms with Crippen molar-refractivity contribution in [3.63, 3.8) is 0 Å². The molecule has 0 aliphatic heterocycles. The van der Waals surface area contributed by atoms with Crippen molar-refractivity contribution in [1.29, 1.82) is 0 Å². The van der Waals surface area contributed by atoms with Gasteiger partial charge in [0.1, 0.15) is 0 Å². The topological polar surface area (TPSA) is 40.1 Å². The molecule has 0 aromatic carbocycles. The zero-order valence-electron chi connectivity index (χ0n) is 14.3. The summed E-state index contributed by atoms with van der Waals surface area (Å²) in [6.45, 7) is 3.12. The highest BCUT2D eigenvalue weighted by molar-refractivity contribution is 5.29. The summed E-state index contributed by atoms with van der Waals surface area (Å²) in [6.07, 6.45) is 15.9. The maximum absolute atomic E-state index is 8.25. The van der Waals surface area contributed by atoms with Gasteiger partial charge >= 0.3 is 0 Å². The largest absolute Gasteiger partial charge is 0.554 e. The fraction of sp³-hybridized carbons (Fsp3) is 0.941. The monoisotopic (exact) mass is 287 g/mol. The van der Waals surface area contributed by atoms with Gasteiger partial charge in [0.15, 0.2) is 0 Å². The Morgan fingerprint density at radius 3 is 1.35 bits per heavy atom. The Hall–Kier alpha value is -0.570. The van der Waals surface area contributed by atoms with Gasteiger partial charge in [-0.1, -0.05) is 64.7 Å². The van der Waals surface area contributed by atoms with Gasteiger partial charge in [-0.15, -0.1) is 0 Å². The van der Waals surface area contributed by atoms with Crippen LogP contribution in [0.3, 0.4) is 0 Å². The standard InChI is InChI=1S/C16H36N.CH2O2/c1-5-6-7-8-9-10-11-12-13-14-15-16-17(2,3)4;2-1-3/h5-16H2,1-4H3;1H,(H,2,3)/q+1;/p-1. The zero-order valence-corrected chi connectivity index (χ0v) is 14.3. The second-order valence-corrected chi connectivity index (χ2v) is 6.65. The predicted molar refractivity (Wildman–Crippen MR) is 85.4 cm³/mol. The highest BCUT2D eigenvalue weighted by Gasteiger charge is 2.04. The summed E-state index contributed by atoms with van der Waals surface area (Å²) in [7, 11) is 6.86. The Kier molecular flexibility index (Phi) is 17.9. The average Bonchev–Trinajstić information content (AvgIpc) is 2.35. The Morgan fingerprint density at radius 2 is 1.05 bits per heavy atom. The van der Waals surface area contributed by atoms with Crippen LogP contribution in [0.4, 0.5) is 0 Å². The van der Waals surface area contributed by atoms with E-state index in [0.717, 1.165) is 4.48 Å². The van der Waals surface area contributed by atoms with Crippen LogP contribution in [0.15, 0.2) is 0 Å². The maximum Gasteiger partial charge on any atom is 0.0780 e. The fourth-order valence-corrected chi connectivity index (χ4v) is 2.25. The van der Waals surface area contributed by atoms with Crippen LogP contribution in [-0.2, 0) is 4.79 Å². The van der Waals surface area contributed by atoms with Crippen molar-refractivity contribution in [2.75, 3.05) is 27.7 Å². The summed E-state index contributed by atoms with van der Waals surface area (Å²) >= 11 is 0. The highest BCUT2D eigenvalue weighted by Crippen LogP contribution is 2.11. The number of carboxylic acid groups (broad SMARTS) is 1. The van der Waals surface area contributed by atoms with E-state index >= 15 is 0 Å². The lowest BCUT2D eigenvalue weighted by atomic mass is 10.1. The van der Waals surface area contributed by atoms with Crippen LogP contribution in [0, 0.1) is 0 Å². The van der Waals surface area contributed by atoms with Crippen LogP contribution in [0.5, 0.6) is 0 Å². The fourth-order valence-electron chi connectivity index (χ4n) is 2.25. The summed E-state index contributed by atoms with van der Waals surface area (Å²) in [4.78, 5) is 8.25. The van der Waals surface area contributed by atoms with E-state index in [1.54, 1.807) is 0 Å². The number of hydrogen-bond donors (Lipinski definition) is 0. The van der Waals surface area contributed by atoms with Gasteiger partial charge in [-0.05, 0) is 12.8 Å². The van der Waals surface area contributed by atoms with Gasteiger partial charge in [0, 0.05) is 6.47 Å². The van der Waals surface area contributed by atoms with Gasteiger partial charge in [0.2, 0.25) is 0 Å². The van der Waals surface area contributed by atoms with E-state index in [1.807, 2.05) is 0 Å². The molecule has 0 radical (unpaired) electrons. The molecule has 0 N–H and O–H groups in total. The van der Waals surface area contributed by atoms with Crippen LogP contribution >= 0.6 is 0 Å². The molecule has 0 aromatic rings. The van der Waals surface area contributed by atoms with Crippen LogP contribution < -0.4 is 5.11 Å². The number of hydrogen-bond acceptors (Lipinski definition) is 2. The smallest absolute Gasteiger partial charge is 0.0780 e. The molecule has 20 heavy (non-hydrogen) atoms. The minimum absolute atomic E-state index is 0.500. The Bertz CT molecular complexity index is 188. The minimum atomic E-state index is -0.500. The third-order valence-corrected chi connectivity index (χ3v) is 3.43. The molecular formula is C17H37NO2. The van der Waals surface area contributed by atoms with Gasteiger partial charge in [-0.3, -0.25) is 0 Å². The van der Waals surface area contributed by atoms with E-state index < -0.39 is 6.47 Å². The lowest BCUT2D eigenvalue weighted by Crippen LogP contribution is -2.35. The molecule has 0 saturated carbocycles. The van der Waals surface area contributed by atoms with E-state index in [1.165, 1.54) is 77.2 Å². The number of nitrogens with zero attached hydrogens (tertiary/aromatic N) is 1. The lowest BCUT2D eigenvalue weighted by molar-refractivity contribution is -0.870. The summed E-state index contributed by atoms with van der Waals surface area (Å²) in [5.41, 5.74) is 0. The third-order valence-electron chi connectivity index (χ3n) is 3.43. The summed E-state index contributed by atoms with van der Waals surface area (Å²) < 4.78 is 1.12. The molecule has 0 aliphatic carbocycles. The number of unbranched alkanes of at least 4 members (excludes halogenated alkanes) is 10. The first-order valence-electron chi connectivity index (χ1n) is 8.34. The van der Waals surface area contributed by atoms with Crippen LogP contribution in [0.2, 0.25) is 0 Å². The van der Waals surface area contributed by atoms with Gasteiger partial charge in [0.05, 0.1) is 27.7 Å². The predicted octanol–water partition coefficient (Wildman–Crippen LogP) is 3.37. The van der Waals surface area contributed by atoms with Gasteiger partial charge in [-0.25, -0.2) is 0 Å². The second-order valence-electron chi connectivity index (χ2n) is 6.65. The normalized spacial score (nSPS) is 10.8. The molecule has 0 aliphatic rings. The van der Waals surface area contributed by atoms with E-state index in [0.29, 0.717) is 0 Å². The molecule has 0 aromatic heterocycles. The van der Waals surface area contributed by atoms with Crippen LogP contribution in [0.25, 0.3) is 0 Å². The quantitative estimate of drug-likeness (QED) is 0.314. The lowest BCUT2D eigenvalue weighted by Gasteiger charge is -2.23. The Morgan fingerprint density at radius 1 is 0.750 bits per heavy atom. The van der Waals surface area contributed by atoms with Crippen molar-refractivity contribution in [3.05, 3.63) is 0 Å². The molecule has 0 rings (SSSR count). The maximum atomic E-state index is 8.25. The Balaban J connectivity index is 0. The van der Waals surface area contributed by atoms with Crippen molar-refractivity contribution in [3.8, 4) is 0 Å². The molecule has 0 heterocycles. The van der Waals surface area contributed by atoms with Crippen molar-refractivity contribution >= 4 is 6.47 Å². The molecule has 0 atom stereocenters. The van der Waals surface area contributed by atoms with E-state index in [2.05, 4.69) is 28.1 Å². The molecule has 0 unspecified atom stereocenters. The zero-order chi connectivity index (χ0) is 15.7. The molecule has 0 saturated heterocycles. The van der Waals surface area contributed by atoms with Gasteiger partial charge in [-0.2, -0.15) is 0 Å². The molecule has 0 bridgehead atoms. The van der Waals surface area contributed by atoms with Gasteiger partial charge < -0.3 is 14.4 Å². The van der Waals surface area contributed by atoms with Crippen LogP contribution in [0.1, 0.15) is 77.6 Å². The molecule has 0 amide bonds. The van der Waals surface area contributed by atoms with Gasteiger partial charge in [0.25, 0.3) is 0 Å². The summed E-state index contributed by atoms with van der Waals surface area (Å²) in [6, 6.07) is 0. The van der Waals surface area contributed by atoms with Crippen LogP contribution in [-0.4, -0.2) is 38.6 Å². The molecule has 0 fully saturated rings. The minimum Gasteiger partial charge on any atom is -0.554 e. The third kappa shape index (κ3) is 26.1. The van der Waals surface area contributed by atoms with Crippen molar-refractivity contribution in [2.24, 2.45) is 0 Å². The number of rotatable bonds is 12. The number of carbonyl (C=O) groups excluding carboxylic acids is 1. The van der Waals surface area contributed by atoms with E-state index in [4.69, 9.17) is 9.90 Å². The summed E-state index contributed by atoms with van der Waals surface area (Å²) in [5, 5.41) is 8.25. The van der Waals surface area contributed by atoms with E-state index in [9.17, 15) is 0 Å². The number of carbonyl (C=O) groups is 1. The molecule has 3 heteroatoms. The van der Waals surface area contributed by atoms with Crippen molar-refractivity contribution < 1.29 is 14.4 Å². The first-order chi connectivity index (χ1) is 9.47. The number of quaternary nitrogens is 1. The second kappa shape index (κ2) is 16.5. The molecular weight excluding hydrogens is 250 g/mol. The van der Waals surface area contributed by atoms with E-state index in [-0.39, 0.29) is 0 Å². The summed E-state index contributed by atoms with van der Waals surface area (Å²) in [5.74, 6) is 0. The Labute approximate surface area is 127 Å².